The number of tetrazole rings is 1. The van der Waals surface area contributed by atoms with E-state index < -0.39 is 0 Å². The molecule has 0 fully saturated rings. The van der Waals surface area contributed by atoms with Crippen LogP contribution in [0.5, 0.6) is 0 Å². The van der Waals surface area contributed by atoms with Gasteiger partial charge in [0.15, 0.2) is 11.6 Å². The van der Waals surface area contributed by atoms with Crippen LogP contribution in [0, 0.1) is 0 Å². The molecule has 0 aliphatic rings. The highest BCUT2D eigenvalue weighted by Gasteiger charge is 2.11. The summed E-state index contributed by atoms with van der Waals surface area (Å²) in [5, 5.41) is 18.5. The second-order valence-electron chi connectivity index (χ2n) is 4.73. The molecule has 114 valence electrons. The highest BCUT2D eigenvalue weighted by Crippen LogP contribution is 2.13. The molecule has 0 aliphatic carbocycles. The summed E-state index contributed by atoms with van der Waals surface area (Å²) in [4.78, 5) is 11.8. The van der Waals surface area contributed by atoms with Crippen LogP contribution in [-0.2, 0) is 17.1 Å². The van der Waals surface area contributed by atoms with Crippen molar-refractivity contribution >= 4 is 23.5 Å². The quantitative estimate of drug-likeness (QED) is 0.830. The van der Waals surface area contributed by atoms with E-state index in [0.717, 1.165) is 12.4 Å². The van der Waals surface area contributed by atoms with Crippen LogP contribution in [0.2, 0.25) is 0 Å². The van der Waals surface area contributed by atoms with Gasteiger partial charge >= 0.3 is 0 Å². The van der Waals surface area contributed by atoms with Gasteiger partial charge in [-0.05, 0) is 31.2 Å². The van der Waals surface area contributed by atoms with E-state index in [1.807, 2.05) is 27.0 Å². The van der Waals surface area contributed by atoms with Crippen LogP contribution < -0.4 is 5.32 Å². The molecule has 0 unspecified atom stereocenters. The number of nitrogens with one attached hydrogen (secondary N) is 1. The number of nitrogens with zero attached hydrogens (tertiary/aromatic N) is 6. The maximum Gasteiger partial charge on any atom is 0.235 e. The molecule has 2 aromatic rings. The molecule has 9 heteroatoms. The molecule has 0 aromatic carbocycles. The Labute approximate surface area is 127 Å². The number of aromatic nitrogens is 6. The number of rotatable bonds is 7. The molecule has 1 amide bonds. The second kappa shape index (κ2) is 7.21. The van der Waals surface area contributed by atoms with Crippen molar-refractivity contribution in [2.75, 3.05) is 11.1 Å². The van der Waals surface area contributed by atoms with Gasteiger partial charge in [0, 0.05) is 18.8 Å². The lowest BCUT2D eigenvalue weighted by atomic mass is 10.4. The number of aryl methyl sites for hydroxylation is 1. The van der Waals surface area contributed by atoms with Crippen LogP contribution >= 0.6 is 11.8 Å². The fourth-order valence-electron chi connectivity index (χ4n) is 1.73. The molecule has 0 saturated heterocycles. The third kappa shape index (κ3) is 4.28. The number of anilines is 1. The summed E-state index contributed by atoms with van der Waals surface area (Å²) in [7, 11) is 0. The summed E-state index contributed by atoms with van der Waals surface area (Å²) >= 11 is 1.47. The minimum Gasteiger partial charge on any atom is -0.308 e. The first kappa shape index (κ1) is 15.5. The van der Waals surface area contributed by atoms with E-state index in [4.69, 9.17) is 0 Å². The Morgan fingerprint density at radius 1 is 1.48 bits per heavy atom. The summed E-state index contributed by atoms with van der Waals surface area (Å²) < 4.78 is 3.52. The van der Waals surface area contributed by atoms with Gasteiger partial charge in [-0.2, -0.15) is 5.10 Å². The molecular formula is C12H19N7OS. The maximum absolute atomic E-state index is 11.8. The van der Waals surface area contributed by atoms with Crippen LogP contribution in [0.1, 0.15) is 32.6 Å². The molecule has 0 spiro atoms. The van der Waals surface area contributed by atoms with E-state index in [0.29, 0.717) is 17.3 Å². The average molecular weight is 309 g/mol. The number of carbonyl (C=O) groups is 1. The fraction of sp³-hybridized carbons (Fsp3) is 0.583. The summed E-state index contributed by atoms with van der Waals surface area (Å²) in [6.07, 6.45) is 1.83. The van der Waals surface area contributed by atoms with Crippen molar-refractivity contribution < 1.29 is 4.79 Å². The first-order chi connectivity index (χ1) is 10.1. The first-order valence-electron chi connectivity index (χ1n) is 6.78. The predicted octanol–water partition coefficient (Wildman–Crippen LogP) is 1.34. The molecule has 0 atom stereocenters. The van der Waals surface area contributed by atoms with Gasteiger partial charge in [0.05, 0.1) is 17.5 Å². The second-order valence-corrected chi connectivity index (χ2v) is 5.72. The number of carbonyl (C=O) groups excluding carboxylic acids is 1. The van der Waals surface area contributed by atoms with Gasteiger partial charge in [0.2, 0.25) is 5.91 Å². The minimum atomic E-state index is -0.0788. The largest absolute Gasteiger partial charge is 0.308 e. The first-order valence-corrected chi connectivity index (χ1v) is 7.93. The lowest BCUT2D eigenvalue weighted by molar-refractivity contribution is -0.113. The Bertz CT molecular complexity index is 592. The summed E-state index contributed by atoms with van der Waals surface area (Å²) in [6.45, 7) is 6.80. The zero-order valence-corrected chi connectivity index (χ0v) is 13.2. The van der Waals surface area contributed by atoms with E-state index in [-0.39, 0.29) is 11.9 Å². The molecule has 0 radical (unpaired) electrons. The molecule has 2 aromatic heterocycles. The van der Waals surface area contributed by atoms with Crippen LogP contribution in [0.4, 0.5) is 5.82 Å². The van der Waals surface area contributed by atoms with E-state index in [2.05, 4.69) is 25.9 Å². The monoisotopic (exact) mass is 309 g/mol. The lowest BCUT2D eigenvalue weighted by Crippen LogP contribution is -2.15. The average Bonchev–Trinajstić information content (AvgIpc) is 3.07. The Morgan fingerprint density at radius 2 is 2.29 bits per heavy atom. The van der Waals surface area contributed by atoms with Crippen molar-refractivity contribution in [3.05, 3.63) is 18.1 Å². The van der Waals surface area contributed by atoms with Crippen LogP contribution in [0.3, 0.4) is 0 Å². The van der Waals surface area contributed by atoms with E-state index in [1.54, 1.807) is 15.4 Å². The molecule has 8 nitrogen and oxygen atoms in total. The molecule has 0 bridgehead atoms. The zero-order valence-electron chi connectivity index (χ0n) is 12.4. The van der Waals surface area contributed by atoms with Crippen molar-refractivity contribution in [1.29, 1.82) is 0 Å². The normalized spacial score (nSPS) is 11.0. The summed E-state index contributed by atoms with van der Waals surface area (Å²) in [5.74, 6) is 2.21. The van der Waals surface area contributed by atoms with Crippen LogP contribution in [-0.4, -0.2) is 41.6 Å². The van der Waals surface area contributed by atoms with Gasteiger partial charge in [-0.25, -0.2) is 4.68 Å². The molecule has 0 saturated carbocycles. The van der Waals surface area contributed by atoms with Crippen molar-refractivity contribution in [3.8, 4) is 0 Å². The minimum absolute atomic E-state index is 0.0788. The van der Waals surface area contributed by atoms with Gasteiger partial charge in [0.1, 0.15) is 0 Å². The Morgan fingerprint density at radius 3 is 2.95 bits per heavy atom. The van der Waals surface area contributed by atoms with Crippen molar-refractivity contribution in [2.45, 2.75) is 39.1 Å². The number of hydrogen-bond donors (Lipinski definition) is 1. The SMILES string of the molecule is CCn1ccc(NC(=O)CSCc2nnnn2C(C)C)n1. The summed E-state index contributed by atoms with van der Waals surface area (Å²) in [5.41, 5.74) is 0. The van der Waals surface area contributed by atoms with Crippen LogP contribution in [0.25, 0.3) is 0 Å². The van der Waals surface area contributed by atoms with E-state index in [9.17, 15) is 4.79 Å². The highest BCUT2D eigenvalue weighted by molar-refractivity contribution is 7.99. The standard InChI is InChI=1S/C12H19N7OS/c1-4-18-6-5-10(15-18)13-12(20)8-21-7-11-14-16-17-19(11)9(2)3/h5-6,9H,4,7-8H2,1-3H3,(H,13,15,20). The van der Waals surface area contributed by atoms with Gasteiger partial charge in [0.25, 0.3) is 0 Å². The molecule has 21 heavy (non-hydrogen) atoms. The maximum atomic E-state index is 11.8. The van der Waals surface area contributed by atoms with Gasteiger partial charge < -0.3 is 5.32 Å². The predicted molar refractivity (Wildman–Crippen MR) is 80.9 cm³/mol. The van der Waals surface area contributed by atoms with Crippen molar-refractivity contribution in [1.82, 2.24) is 30.0 Å². The third-order valence-corrected chi connectivity index (χ3v) is 3.68. The molecule has 1 N–H and O–H groups in total. The van der Waals surface area contributed by atoms with E-state index >= 15 is 0 Å². The Hall–Kier alpha value is -1.90. The van der Waals surface area contributed by atoms with Crippen LogP contribution in [0.15, 0.2) is 12.3 Å². The topological polar surface area (TPSA) is 90.5 Å². The third-order valence-electron chi connectivity index (χ3n) is 2.75. The molecular weight excluding hydrogens is 290 g/mol. The highest BCUT2D eigenvalue weighted by atomic mass is 32.2. The molecule has 2 rings (SSSR count). The molecule has 2 heterocycles. The smallest absolute Gasteiger partial charge is 0.235 e. The van der Waals surface area contributed by atoms with E-state index in [1.165, 1.54) is 11.8 Å². The Balaban J connectivity index is 1.77. The van der Waals surface area contributed by atoms with Gasteiger partial charge in [-0.1, -0.05) is 0 Å². The van der Waals surface area contributed by atoms with Gasteiger partial charge in [-0.15, -0.1) is 16.9 Å². The number of thioether (sulfide) groups is 1. The number of amides is 1. The fourth-order valence-corrected chi connectivity index (χ4v) is 2.46. The Kier molecular flexibility index (Phi) is 5.32. The molecule has 0 aliphatic heterocycles. The lowest BCUT2D eigenvalue weighted by Gasteiger charge is -2.07. The zero-order chi connectivity index (χ0) is 15.2. The van der Waals surface area contributed by atoms with Gasteiger partial charge in [-0.3, -0.25) is 9.48 Å². The van der Waals surface area contributed by atoms with Crippen molar-refractivity contribution in [2.24, 2.45) is 0 Å². The number of hydrogen-bond acceptors (Lipinski definition) is 6. The summed E-state index contributed by atoms with van der Waals surface area (Å²) in [6, 6.07) is 1.99. The van der Waals surface area contributed by atoms with Crippen molar-refractivity contribution in [3.63, 3.8) is 0 Å².